The maximum absolute atomic E-state index is 12.5. The van der Waals surface area contributed by atoms with E-state index in [1.807, 2.05) is 49.4 Å². The van der Waals surface area contributed by atoms with E-state index in [0.29, 0.717) is 18.2 Å². The van der Waals surface area contributed by atoms with Crippen LogP contribution in [0, 0.1) is 0 Å². The fourth-order valence-electron chi connectivity index (χ4n) is 2.71. The summed E-state index contributed by atoms with van der Waals surface area (Å²) in [5.74, 6) is -0.0575. The summed E-state index contributed by atoms with van der Waals surface area (Å²) in [4.78, 5) is 25.2. The van der Waals surface area contributed by atoms with Crippen molar-refractivity contribution in [1.82, 2.24) is 15.0 Å². The maximum atomic E-state index is 12.5. The number of ether oxygens (including phenoxy) is 1. The lowest BCUT2D eigenvalue weighted by Gasteiger charge is -2.08. The quantitative estimate of drug-likeness (QED) is 0.449. The van der Waals surface area contributed by atoms with Crippen molar-refractivity contribution in [2.24, 2.45) is 0 Å². The van der Waals surface area contributed by atoms with Crippen molar-refractivity contribution < 1.29 is 14.3 Å². The Morgan fingerprint density at radius 1 is 1.06 bits per heavy atom. The summed E-state index contributed by atoms with van der Waals surface area (Å²) in [6.07, 6.45) is 0.939. The molecule has 0 aliphatic rings. The van der Waals surface area contributed by atoms with Crippen molar-refractivity contribution in [1.29, 1.82) is 0 Å². The number of halogens is 1. The zero-order valence-electron chi connectivity index (χ0n) is 17.0. The highest BCUT2D eigenvalue weighted by Gasteiger charge is 2.22. The number of nitrogens with two attached hydrogens (primary N) is 1. The molecule has 0 aliphatic heterocycles. The molecule has 0 atom stereocenters. The van der Waals surface area contributed by atoms with Crippen molar-refractivity contribution in [3.05, 3.63) is 75.3 Å². The minimum atomic E-state index is -0.463. The van der Waals surface area contributed by atoms with Crippen LogP contribution in [0.5, 0.6) is 5.75 Å². The van der Waals surface area contributed by atoms with E-state index >= 15 is 0 Å². The standard InChI is InChI=1S/C22H23ClN4O3S/c1-2-11-30-16-9-7-14(8-10-16)12-25-22(29)20-18(24)19(27-31-20)21(28)26-13-15-5-3-4-6-17(15)23/h3-10H,2,11-13,24H2,1H3,(H,25,29)(H,26,28). The summed E-state index contributed by atoms with van der Waals surface area (Å²) >= 11 is 6.99. The largest absolute Gasteiger partial charge is 0.494 e. The van der Waals surface area contributed by atoms with Crippen LogP contribution < -0.4 is 21.1 Å². The van der Waals surface area contributed by atoms with Crippen LogP contribution in [0.1, 0.15) is 44.6 Å². The van der Waals surface area contributed by atoms with Gasteiger partial charge in [0, 0.05) is 18.1 Å². The predicted molar refractivity (Wildman–Crippen MR) is 123 cm³/mol. The second-order valence-electron chi connectivity index (χ2n) is 6.72. The Morgan fingerprint density at radius 2 is 1.77 bits per heavy atom. The van der Waals surface area contributed by atoms with E-state index in [1.54, 1.807) is 6.07 Å². The van der Waals surface area contributed by atoms with Crippen molar-refractivity contribution >= 4 is 40.6 Å². The van der Waals surface area contributed by atoms with Crippen LogP contribution in [0.15, 0.2) is 48.5 Å². The van der Waals surface area contributed by atoms with Gasteiger partial charge in [0.1, 0.15) is 10.6 Å². The lowest BCUT2D eigenvalue weighted by Crippen LogP contribution is -2.25. The maximum Gasteiger partial charge on any atom is 0.273 e. The molecule has 0 spiro atoms. The molecule has 0 saturated carbocycles. The van der Waals surface area contributed by atoms with Crippen molar-refractivity contribution in [3.63, 3.8) is 0 Å². The molecule has 4 N–H and O–H groups in total. The highest BCUT2D eigenvalue weighted by Crippen LogP contribution is 2.22. The average molecular weight is 459 g/mol. The molecule has 162 valence electrons. The van der Waals surface area contributed by atoms with Crippen LogP contribution in [0.2, 0.25) is 5.02 Å². The number of anilines is 1. The van der Waals surface area contributed by atoms with E-state index in [1.165, 1.54) is 0 Å². The molecule has 0 saturated heterocycles. The fourth-order valence-corrected chi connectivity index (χ4v) is 3.63. The number of rotatable bonds is 9. The molecular formula is C22H23ClN4O3S. The Labute approximate surface area is 189 Å². The Bertz CT molecular complexity index is 1050. The topological polar surface area (TPSA) is 106 Å². The Morgan fingerprint density at radius 3 is 2.48 bits per heavy atom. The first-order chi connectivity index (χ1) is 15.0. The molecule has 1 heterocycles. The summed E-state index contributed by atoms with van der Waals surface area (Å²) in [6.45, 7) is 3.26. The molecule has 0 bridgehead atoms. The van der Waals surface area contributed by atoms with Crippen LogP contribution in [-0.4, -0.2) is 22.8 Å². The van der Waals surface area contributed by atoms with E-state index < -0.39 is 5.91 Å². The second-order valence-corrected chi connectivity index (χ2v) is 7.90. The minimum absolute atomic E-state index is 0.0274. The van der Waals surface area contributed by atoms with Gasteiger partial charge in [-0.25, -0.2) is 0 Å². The number of hydrogen-bond donors (Lipinski definition) is 3. The number of hydrogen-bond acceptors (Lipinski definition) is 6. The smallest absolute Gasteiger partial charge is 0.273 e. The molecule has 3 rings (SSSR count). The molecule has 0 aliphatic carbocycles. The van der Waals surface area contributed by atoms with Gasteiger partial charge in [-0.2, -0.15) is 4.37 Å². The van der Waals surface area contributed by atoms with E-state index in [2.05, 4.69) is 15.0 Å². The number of amides is 2. The van der Waals surface area contributed by atoms with Crippen molar-refractivity contribution in [2.45, 2.75) is 26.4 Å². The molecule has 31 heavy (non-hydrogen) atoms. The fraction of sp³-hybridized carbons (Fsp3) is 0.227. The van der Waals surface area contributed by atoms with Crippen LogP contribution in [0.3, 0.4) is 0 Å². The van der Waals surface area contributed by atoms with Gasteiger partial charge in [-0.15, -0.1) is 0 Å². The number of benzene rings is 2. The SMILES string of the molecule is CCCOc1ccc(CNC(=O)c2snc(C(=O)NCc3ccccc3Cl)c2N)cc1. The third-order valence-electron chi connectivity index (χ3n) is 4.40. The molecule has 2 amide bonds. The van der Waals surface area contributed by atoms with Gasteiger partial charge in [-0.3, -0.25) is 9.59 Å². The molecule has 0 unspecified atom stereocenters. The molecule has 9 heteroatoms. The van der Waals surface area contributed by atoms with E-state index in [9.17, 15) is 9.59 Å². The summed E-state index contributed by atoms with van der Waals surface area (Å²) in [5, 5.41) is 6.08. The first-order valence-corrected chi connectivity index (χ1v) is 10.9. The third-order valence-corrected chi connectivity index (χ3v) is 5.63. The summed E-state index contributed by atoms with van der Waals surface area (Å²) in [5.41, 5.74) is 7.80. The molecule has 3 aromatic rings. The molecule has 0 radical (unpaired) electrons. The molecular weight excluding hydrogens is 436 g/mol. The van der Waals surface area contributed by atoms with Gasteiger partial charge in [-0.1, -0.05) is 48.9 Å². The van der Waals surface area contributed by atoms with Crippen LogP contribution in [0.4, 0.5) is 5.69 Å². The highest BCUT2D eigenvalue weighted by molar-refractivity contribution is 7.09. The zero-order chi connectivity index (χ0) is 22.2. The average Bonchev–Trinajstić information content (AvgIpc) is 3.17. The first-order valence-electron chi connectivity index (χ1n) is 9.76. The molecule has 7 nitrogen and oxygen atoms in total. The van der Waals surface area contributed by atoms with Gasteiger partial charge in [0.15, 0.2) is 5.69 Å². The number of carbonyl (C=O) groups is 2. The third kappa shape index (κ3) is 5.96. The van der Waals surface area contributed by atoms with Crippen LogP contribution >= 0.6 is 23.1 Å². The number of nitrogen functional groups attached to an aromatic ring is 1. The lowest BCUT2D eigenvalue weighted by molar-refractivity contribution is 0.0946. The van der Waals surface area contributed by atoms with Gasteiger partial charge in [0.2, 0.25) is 0 Å². The van der Waals surface area contributed by atoms with Gasteiger partial charge >= 0.3 is 0 Å². The molecule has 1 aromatic heterocycles. The number of aromatic nitrogens is 1. The van der Waals surface area contributed by atoms with Gasteiger partial charge in [-0.05, 0) is 47.3 Å². The zero-order valence-corrected chi connectivity index (χ0v) is 18.6. The molecule has 0 fully saturated rings. The Kier molecular flexibility index (Phi) is 7.86. The summed E-state index contributed by atoms with van der Waals surface area (Å²) in [7, 11) is 0. The minimum Gasteiger partial charge on any atom is -0.494 e. The monoisotopic (exact) mass is 458 g/mol. The Hall–Kier alpha value is -3.10. The molecule has 2 aromatic carbocycles. The van der Waals surface area contributed by atoms with Crippen LogP contribution in [0.25, 0.3) is 0 Å². The highest BCUT2D eigenvalue weighted by atomic mass is 35.5. The summed E-state index contributed by atoms with van der Waals surface area (Å²) < 4.78 is 9.61. The van der Waals surface area contributed by atoms with Gasteiger partial charge in [0.05, 0.1) is 12.3 Å². The first kappa shape index (κ1) is 22.6. The second kappa shape index (κ2) is 10.8. The normalized spacial score (nSPS) is 10.5. The number of nitrogens with zero attached hydrogens (tertiary/aromatic N) is 1. The van der Waals surface area contributed by atoms with Gasteiger partial charge in [0.25, 0.3) is 11.8 Å². The number of carbonyl (C=O) groups excluding carboxylic acids is 2. The van der Waals surface area contributed by atoms with E-state index in [-0.39, 0.29) is 28.7 Å². The predicted octanol–water partition coefficient (Wildman–Crippen LogP) is 4.03. The lowest BCUT2D eigenvalue weighted by atomic mass is 10.2. The Balaban J connectivity index is 1.56. The van der Waals surface area contributed by atoms with Crippen molar-refractivity contribution in [2.75, 3.05) is 12.3 Å². The van der Waals surface area contributed by atoms with Crippen LogP contribution in [-0.2, 0) is 13.1 Å². The summed E-state index contributed by atoms with van der Waals surface area (Å²) in [6, 6.07) is 14.7. The van der Waals surface area contributed by atoms with Crippen molar-refractivity contribution in [3.8, 4) is 5.75 Å². The van der Waals surface area contributed by atoms with E-state index in [0.717, 1.165) is 34.8 Å². The van der Waals surface area contributed by atoms with Gasteiger partial charge < -0.3 is 21.1 Å². The van der Waals surface area contributed by atoms with E-state index in [4.69, 9.17) is 22.1 Å². The number of nitrogens with one attached hydrogen (secondary N) is 2.